The fourth-order valence-electron chi connectivity index (χ4n) is 9.43. The van der Waals surface area contributed by atoms with Crippen molar-refractivity contribution in [3.8, 4) is 44.5 Å². The maximum absolute atomic E-state index is 5.81. The van der Waals surface area contributed by atoms with E-state index in [1.165, 1.54) is 0 Å². The molecule has 0 saturated heterocycles. The van der Waals surface area contributed by atoms with Gasteiger partial charge in [0.15, 0.2) is 0 Å². The van der Waals surface area contributed by atoms with Crippen LogP contribution in [0.15, 0.2) is 225 Å². The molecule has 0 spiro atoms. The van der Waals surface area contributed by atoms with Gasteiger partial charge in [0.1, 0.15) is 0 Å². The normalized spacial score (nSPS) is 11.9. The third-order valence-corrected chi connectivity index (χ3v) is 16.6. The molecule has 0 aliphatic rings. The standard InChI is InChI=1S/2C24H15N2.C12H7N2.Ru/c2*1-3-7-17(8-4-1)19-13-15-25-23-21(19)11-12-22-20(14-16-26-24(22)23)18-9-5-2-6-10-18;1-3-9-5-6-10-4-2-8-14-12(10)11(9)13-7-1;/h2*1-15H;1-7H;. The van der Waals surface area contributed by atoms with E-state index < -0.39 is 16.0 Å². The van der Waals surface area contributed by atoms with Crippen LogP contribution < -0.4 is 12.9 Å². The molecule has 0 fully saturated rings. The number of aromatic nitrogens is 6. The van der Waals surface area contributed by atoms with Crippen molar-refractivity contribution in [3.63, 3.8) is 0 Å². The molecule has 315 valence electrons. The Morgan fingerprint density at radius 3 is 1.12 bits per heavy atom. The molecular formula is C60H37N6Ru. The molecule has 0 saturated carbocycles. The first-order valence-electron chi connectivity index (χ1n) is 22.2. The van der Waals surface area contributed by atoms with Crippen LogP contribution in [0.25, 0.3) is 110 Å². The molecule has 7 aromatic carbocycles. The molecule has 0 radical (unpaired) electrons. The van der Waals surface area contributed by atoms with E-state index in [0.29, 0.717) is 0 Å². The molecule has 67 heavy (non-hydrogen) atoms. The summed E-state index contributed by atoms with van der Waals surface area (Å²) in [5.74, 6) is 0. The van der Waals surface area contributed by atoms with E-state index in [9.17, 15) is 0 Å². The summed E-state index contributed by atoms with van der Waals surface area (Å²) in [6.45, 7) is 0. The summed E-state index contributed by atoms with van der Waals surface area (Å²) < 4.78 is 2.84. The molecular weight excluding hydrogens is 906 g/mol. The van der Waals surface area contributed by atoms with Gasteiger partial charge in [0, 0.05) is 0 Å². The van der Waals surface area contributed by atoms with Crippen molar-refractivity contribution in [2.75, 3.05) is 0 Å². The molecule has 6 heterocycles. The molecule has 0 N–H and O–H groups in total. The Balaban J connectivity index is 1.16. The number of nitrogens with zero attached hydrogens (tertiary/aromatic N) is 6. The minimum absolute atomic E-state index is 0.849. The van der Waals surface area contributed by atoms with Gasteiger partial charge in [-0.3, -0.25) is 0 Å². The molecule has 13 aromatic rings. The van der Waals surface area contributed by atoms with Gasteiger partial charge in [-0.2, -0.15) is 0 Å². The number of hydrogen-bond acceptors (Lipinski definition) is 6. The van der Waals surface area contributed by atoms with Gasteiger partial charge in [0.2, 0.25) is 0 Å². The van der Waals surface area contributed by atoms with E-state index in [1.807, 2.05) is 24.7 Å². The van der Waals surface area contributed by atoms with Gasteiger partial charge in [-0.05, 0) is 0 Å². The summed E-state index contributed by atoms with van der Waals surface area (Å²) in [5, 5.41) is 6.25. The van der Waals surface area contributed by atoms with Crippen LogP contribution in [0, 0.1) is 0 Å². The van der Waals surface area contributed by atoms with Crippen molar-refractivity contribution >= 4 is 78.3 Å². The van der Waals surface area contributed by atoms with Crippen LogP contribution in [-0.2, 0) is 16.0 Å². The van der Waals surface area contributed by atoms with Crippen molar-refractivity contribution in [1.29, 1.82) is 0 Å². The SMILES string of the molecule is c1ccc(-c2ccnc3c2ccc2c(-c4ccccc4)c[c]([Ru]([c]4ccc5ccc6cccnc6c5n4)[c]4cc(-c5ccccc5)c5ccc6c(-c7ccccc7)ccnc6c5n4)nc23)cc1. The van der Waals surface area contributed by atoms with Gasteiger partial charge < -0.3 is 0 Å². The first kappa shape index (κ1) is 39.0. The first-order chi connectivity index (χ1) is 33.2. The monoisotopic (exact) mass is 943 g/mol. The van der Waals surface area contributed by atoms with Crippen molar-refractivity contribution in [2.45, 2.75) is 0 Å². The molecule has 0 aliphatic heterocycles. The molecule has 0 unspecified atom stereocenters. The zero-order valence-electron chi connectivity index (χ0n) is 35.9. The quantitative estimate of drug-likeness (QED) is 0.117. The molecule has 13 rings (SSSR count). The molecule has 6 nitrogen and oxygen atoms in total. The van der Waals surface area contributed by atoms with Gasteiger partial charge in [0.25, 0.3) is 0 Å². The molecule has 7 heteroatoms. The third kappa shape index (κ3) is 6.74. The predicted molar refractivity (Wildman–Crippen MR) is 272 cm³/mol. The number of hydrogen-bond donors (Lipinski definition) is 0. The molecule has 0 atom stereocenters. The van der Waals surface area contributed by atoms with Gasteiger partial charge in [-0.15, -0.1) is 0 Å². The second-order valence-corrected chi connectivity index (χ2v) is 20.4. The molecule has 0 bridgehead atoms. The summed E-state index contributed by atoms with van der Waals surface area (Å²) in [4.78, 5) is 32.4. The number of rotatable bonds is 7. The Hall–Kier alpha value is -8.38. The zero-order chi connectivity index (χ0) is 44.3. The van der Waals surface area contributed by atoms with Crippen LogP contribution in [0.5, 0.6) is 0 Å². The topological polar surface area (TPSA) is 77.3 Å². The second-order valence-electron chi connectivity index (χ2n) is 16.5. The first-order valence-corrected chi connectivity index (χ1v) is 24.8. The summed E-state index contributed by atoms with van der Waals surface area (Å²) in [6.07, 6.45) is 5.68. The van der Waals surface area contributed by atoms with E-state index in [4.69, 9.17) is 29.9 Å². The fourth-order valence-corrected chi connectivity index (χ4v) is 13.4. The Morgan fingerprint density at radius 1 is 0.254 bits per heavy atom. The zero-order valence-corrected chi connectivity index (χ0v) is 37.6. The summed E-state index contributed by atoms with van der Waals surface area (Å²) in [7, 11) is 0. The van der Waals surface area contributed by atoms with Gasteiger partial charge >= 0.3 is 393 Å². The van der Waals surface area contributed by atoms with E-state index >= 15 is 0 Å². The minimum atomic E-state index is -2.81. The summed E-state index contributed by atoms with van der Waals surface area (Å²) in [6, 6.07) is 72.7. The predicted octanol–water partition coefficient (Wildman–Crippen LogP) is 12.5. The van der Waals surface area contributed by atoms with E-state index in [1.54, 1.807) is 0 Å². The molecule has 0 amide bonds. The van der Waals surface area contributed by atoms with E-state index in [-0.39, 0.29) is 0 Å². The van der Waals surface area contributed by atoms with E-state index in [2.05, 4.69) is 200 Å². The van der Waals surface area contributed by atoms with Gasteiger partial charge in [-0.1, -0.05) is 0 Å². The van der Waals surface area contributed by atoms with Crippen molar-refractivity contribution in [2.24, 2.45) is 0 Å². The Labute approximate surface area is 391 Å². The van der Waals surface area contributed by atoms with Crippen LogP contribution in [0.1, 0.15) is 0 Å². The fraction of sp³-hybridized carbons (Fsp3) is 0. The van der Waals surface area contributed by atoms with E-state index in [0.717, 1.165) is 123 Å². The van der Waals surface area contributed by atoms with Crippen molar-refractivity contribution in [3.05, 3.63) is 225 Å². The maximum atomic E-state index is 5.81. The summed E-state index contributed by atoms with van der Waals surface area (Å²) in [5.41, 5.74) is 14.0. The second kappa shape index (κ2) is 16.3. The van der Waals surface area contributed by atoms with Crippen LogP contribution in [-0.4, -0.2) is 29.9 Å². The Kier molecular flexibility index (Phi) is 9.47. The Bertz CT molecular complexity index is 3830. The number of fused-ring (bicyclic) bond motifs is 9. The van der Waals surface area contributed by atoms with Crippen LogP contribution >= 0.6 is 0 Å². The summed E-state index contributed by atoms with van der Waals surface area (Å²) >= 11 is -2.81. The van der Waals surface area contributed by atoms with Crippen molar-refractivity contribution < 1.29 is 16.0 Å². The average Bonchev–Trinajstić information content (AvgIpc) is 3.41. The third-order valence-electron chi connectivity index (χ3n) is 12.6. The number of benzene rings is 7. The molecule has 6 aromatic heterocycles. The van der Waals surface area contributed by atoms with Crippen LogP contribution in [0.4, 0.5) is 0 Å². The van der Waals surface area contributed by atoms with Gasteiger partial charge in [0.05, 0.1) is 0 Å². The van der Waals surface area contributed by atoms with Crippen LogP contribution in [0.3, 0.4) is 0 Å². The van der Waals surface area contributed by atoms with Crippen LogP contribution in [0.2, 0.25) is 0 Å². The number of pyridine rings is 6. The molecule has 0 aliphatic carbocycles. The van der Waals surface area contributed by atoms with Crippen molar-refractivity contribution in [1.82, 2.24) is 29.9 Å². The van der Waals surface area contributed by atoms with Gasteiger partial charge in [-0.25, -0.2) is 0 Å². The average molecular weight is 943 g/mol. The Morgan fingerprint density at radius 2 is 0.642 bits per heavy atom.